The summed E-state index contributed by atoms with van der Waals surface area (Å²) in [5.74, 6) is 0.907. The Morgan fingerprint density at radius 1 is 0.852 bits per heavy atom. The molecule has 3 nitrogen and oxygen atoms in total. The molecule has 3 rings (SSSR count). The molecular formula is C24H26N2O. The Kier molecular flexibility index (Phi) is 7.05. The minimum atomic E-state index is 0.722. The van der Waals surface area contributed by atoms with Crippen molar-refractivity contribution in [3.05, 3.63) is 96.1 Å². The van der Waals surface area contributed by atoms with E-state index in [4.69, 9.17) is 9.84 Å². The van der Waals surface area contributed by atoms with Gasteiger partial charge in [-0.1, -0.05) is 61.9 Å². The summed E-state index contributed by atoms with van der Waals surface area (Å²) in [7, 11) is 0. The summed E-state index contributed by atoms with van der Waals surface area (Å²) in [5, 5.41) is 6.75. The SMILES string of the molecule is CCCCOc1ccc(/C=N\N(Cc2ccccc2)c2ccccc2)cc1. The van der Waals surface area contributed by atoms with Crippen molar-refractivity contribution >= 4 is 11.9 Å². The minimum absolute atomic E-state index is 0.722. The van der Waals surface area contributed by atoms with E-state index in [0.717, 1.165) is 43.0 Å². The first-order valence-corrected chi connectivity index (χ1v) is 9.48. The van der Waals surface area contributed by atoms with E-state index >= 15 is 0 Å². The van der Waals surface area contributed by atoms with Gasteiger partial charge in [0.05, 0.1) is 25.1 Å². The van der Waals surface area contributed by atoms with Gasteiger partial charge in [-0.2, -0.15) is 5.10 Å². The van der Waals surface area contributed by atoms with Gasteiger partial charge in [0, 0.05) is 0 Å². The third-order valence-corrected chi connectivity index (χ3v) is 4.22. The number of para-hydroxylation sites is 1. The highest BCUT2D eigenvalue weighted by Gasteiger charge is 2.05. The van der Waals surface area contributed by atoms with Crippen molar-refractivity contribution in [2.24, 2.45) is 5.10 Å². The average Bonchev–Trinajstić information content (AvgIpc) is 2.74. The van der Waals surface area contributed by atoms with Crippen LogP contribution in [0.5, 0.6) is 5.75 Å². The Hall–Kier alpha value is -3.07. The lowest BCUT2D eigenvalue weighted by Gasteiger charge is -2.19. The van der Waals surface area contributed by atoms with Crippen molar-refractivity contribution < 1.29 is 4.74 Å². The predicted molar refractivity (Wildman–Crippen MR) is 114 cm³/mol. The molecule has 0 aromatic heterocycles. The highest BCUT2D eigenvalue weighted by Crippen LogP contribution is 2.18. The monoisotopic (exact) mass is 358 g/mol. The van der Waals surface area contributed by atoms with Crippen LogP contribution in [-0.2, 0) is 6.54 Å². The molecule has 0 fully saturated rings. The zero-order chi connectivity index (χ0) is 18.7. The molecule has 0 saturated carbocycles. The quantitative estimate of drug-likeness (QED) is 0.270. The minimum Gasteiger partial charge on any atom is -0.494 e. The molecule has 0 bridgehead atoms. The van der Waals surface area contributed by atoms with E-state index in [0.29, 0.717) is 0 Å². The van der Waals surface area contributed by atoms with Gasteiger partial charge in [-0.05, 0) is 53.9 Å². The van der Waals surface area contributed by atoms with E-state index in [1.807, 2.05) is 59.8 Å². The maximum Gasteiger partial charge on any atom is 0.119 e. The molecule has 0 radical (unpaired) electrons. The van der Waals surface area contributed by atoms with E-state index in [-0.39, 0.29) is 0 Å². The van der Waals surface area contributed by atoms with E-state index in [2.05, 4.69) is 43.3 Å². The van der Waals surface area contributed by atoms with Crippen LogP contribution in [0, 0.1) is 0 Å². The summed E-state index contributed by atoms with van der Waals surface area (Å²) in [6.45, 7) is 3.65. The number of hydrogen-bond acceptors (Lipinski definition) is 3. The fraction of sp³-hybridized carbons (Fsp3) is 0.208. The van der Waals surface area contributed by atoms with E-state index in [1.54, 1.807) is 0 Å². The second kappa shape index (κ2) is 10.2. The first-order chi connectivity index (χ1) is 13.3. The van der Waals surface area contributed by atoms with Crippen molar-refractivity contribution in [2.75, 3.05) is 11.6 Å². The number of anilines is 1. The number of rotatable bonds is 9. The van der Waals surface area contributed by atoms with Crippen LogP contribution in [-0.4, -0.2) is 12.8 Å². The highest BCUT2D eigenvalue weighted by molar-refractivity contribution is 5.80. The van der Waals surface area contributed by atoms with Crippen LogP contribution in [0.2, 0.25) is 0 Å². The Morgan fingerprint density at radius 3 is 2.19 bits per heavy atom. The fourth-order valence-electron chi connectivity index (χ4n) is 2.68. The van der Waals surface area contributed by atoms with Crippen LogP contribution in [0.25, 0.3) is 0 Å². The molecule has 138 valence electrons. The normalized spacial score (nSPS) is 10.9. The smallest absolute Gasteiger partial charge is 0.119 e. The molecule has 3 heteroatoms. The van der Waals surface area contributed by atoms with Crippen molar-refractivity contribution in [3.63, 3.8) is 0 Å². The van der Waals surface area contributed by atoms with Gasteiger partial charge in [0.2, 0.25) is 0 Å². The standard InChI is InChI=1S/C24H26N2O/c1-2-3-18-27-24-16-14-21(15-17-24)19-25-26(23-12-8-5-9-13-23)20-22-10-6-4-7-11-22/h4-17,19H,2-3,18,20H2,1H3/b25-19-. The van der Waals surface area contributed by atoms with Gasteiger partial charge >= 0.3 is 0 Å². The molecule has 0 N–H and O–H groups in total. The Labute approximate surface area is 161 Å². The first-order valence-electron chi connectivity index (χ1n) is 9.48. The molecule has 0 aliphatic heterocycles. The number of nitrogens with zero attached hydrogens (tertiary/aromatic N) is 2. The zero-order valence-electron chi connectivity index (χ0n) is 15.8. The summed E-state index contributed by atoms with van der Waals surface area (Å²) in [4.78, 5) is 0. The molecule has 0 aliphatic carbocycles. The summed E-state index contributed by atoms with van der Waals surface area (Å²) in [6.07, 6.45) is 4.11. The van der Waals surface area contributed by atoms with Crippen LogP contribution in [0.1, 0.15) is 30.9 Å². The molecule has 0 spiro atoms. The third-order valence-electron chi connectivity index (χ3n) is 4.22. The van der Waals surface area contributed by atoms with Gasteiger partial charge in [-0.15, -0.1) is 0 Å². The van der Waals surface area contributed by atoms with Crippen LogP contribution in [0.3, 0.4) is 0 Å². The van der Waals surface area contributed by atoms with Gasteiger partial charge in [0.1, 0.15) is 5.75 Å². The molecular weight excluding hydrogens is 332 g/mol. The van der Waals surface area contributed by atoms with Crippen molar-refractivity contribution in [1.29, 1.82) is 0 Å². The Balaban J connectivity index is 1.71. The van der Waals surface area contributed by atoms with Crippen LogP contribution in [0.4, 0.5) is 5.69 Å². The number of hydrazone groups is 1. The molecule has 0 aliphatic rings. The number of benzene rings is 3. The van der Waals surface area contributed by atoms with E-state index in [1.165, 1.54) is 5.56 Å². The molecule has 0 heterocycles. The molecule has 3 aromatic carbocycles. The highest BCUT2D eigenvalue weighted by atomic mass is 16.5. The first kappa shape index (κ1) is 18.7. The maximum atomic E-state index is 5.72. The second-order valence-corrected chi connectivity index (χ2v) is 6.39. The topological polar surface area (TPSA) is 24.8 Å². The summed E-state index contributed by atoms with van der Waals surface area (Å²) in [5.41, 5.74) is 3.34. The third kappa shape index (κ3) is 6.00. The predicted octanol–water partition coefficient (Wildman–Crippen LogP) is 5.91. The summed E-state index contributed by atoms with van der Waals surface area (Å²) in [6, 6.07) is 28.7. The zero-order valence-corrected chi connectivity index (χ0v) is 15.8. The van der Waals surface area contributed by atoms with Crippen LogP contribution >= 0.6 is 0 Å². The summed E-state index contributed by atoms with van der Waals surface area (Å²) >= 11 is 0. The van der Waals surface area contributed by atoms with Crippen LogP contribution in [0.15, 0.2) is 90.0 Å². The maximum absolute atomic E-state index is 5.72. The molecule has 3 aromatic rings. The number of hydrogen-bond donors (Lipinski definition) is 0. The van der Waals surface area contributed by atoms with Gasteiger partial charge in [-0.3, -0.25) is 5.01 Å². The lowest BCUT2D eigenvalue weighted by molar-refractivity contribution is 0.309. The Morgan fingerprint density at radius 2 is 1.52 bits per heavy atom. The van der Waals surface area contributed by atoms with E-state index < -0.39 is 0 Å². The van der Waals surface area contributed by atoms with E-state index in [9.17, 15) is 0 Å². The molecule has 0 amide bonds. The summed E-state index contributed by atoms with van der Waals surface area (Å²) < 4.78 is 5.72. The van der Waals surface area contributed by atoms with Gasteiger partial charge in [0.15, 0.2) is 0 Å². The van der Waals surface area contributed by atoms with Crippen molar-refractivity contribution in [1.82, 2.24) is 0 Å². The van der Waals surface area contributed by atoms with Crippen LogP contribution < -0.4 is 9.75 Å². The molecule has 0 unspecified atom stereocenters. The number of ether oxygens (including phenoxy) is 1. The average molecular weight is 358 g/mol. The lowest BCUT2D eigenvalue weighted by Crippen LogP contribution is -2.15. The van der Waals surface area contributed by atoms with Gasteiger partial charge in [0.25, 0.3) is 0 Å². The molecule has 27 heavy (non-hydrogen) atoms. The largest absolute Gasteiger partial charge is 0.494 e. The Bertz CT molecular complexity index is 814. The number of unbranched alkanes of at least 4 members (excludes halogenated alkanes) is 1. The van der Waals surface area contributed by atoms with Crippen molar-refractivity contribution in [3.8, 4) is 5.75 Å². The second-order valence-electron chi connectivity index (χ2n) is 6.39. The fourth-order valence-corrected chi connectivity index (χ4v) is 2.68. The van der Waals surface area contributed by atoms with Gasteiger partial charge in [-0.25, -0.2) is 0 Å². The van der Waals surface area contributed by atoms with Crippen molar-refractivity contribution in [2.45, 2.75) is 26.3 Å². The molecule has 0 saturated heterocycles. The van der Waals surface area contributed by atoms with Gasteiger partial charge < -0.3 is 4.74 Å². The lowest BCUT2D eigenvalue weighted by atomic mass is 10.2. The molecule has 0 atom stereocenters.